The van der Waals surface area contributed by atoms with Gasteiger partial charge in [0.2, 0.25) is 23.5 Å². The average molecular weight is 1480 g/mol. The molecule has 10 rings (SSSR count). The molecule has 4 aromatic heterocycles. The Bertz CT molecular complexity index is 4710. The number of aromatic nitrogens is 5. The largest absolute Gasteiger partial charge is 0.493 e. The topological polar surface area (TPSA) is 370 Å². The van der Waals surface area contributed by atoms with Gasteiger partial charge in [0.1, 0.15) is 29.5 Å². The lowest BCUT2D eigenvalue weighted by atomic mass is 9.88. The van der Waals surface area contributed by atoms with Gasteiger partial charge in [0, 0.05) is 139 Å². The van der Waals surface area contributed by atoms with Crippen LogP contribution in [0.25, 0.3) is 10.9 Å². The summed E-state index contributed by atoms with van der Waals surface area (Å²) in [6.07, 6.45) is 6.35. The van der Waals surface area contributed by atoms with E-state index in [0.717, 1.165) is 27.3 Å². The lowest BCUT2D eigenvalue weighted by molar-refractivity contribution is -0.137. The molecule has 0 aliphatic carbocycles. The summed E-state index contributed by atoms with van der Waals surface area (Å²) in [4.78, 5) is 178. The number of nitrogens with one attached hydrogen (secondary N) is 4. The zero-order valence-corrected chi connectivity index (χ0v) is 61.5. The van der Waals surface area contributed by atoms with E-state index in [1.807, 2.05) is 13.8 Å². The number of imidazole rings is 1. The number of carbonyl (C=O) groups is 13. The molecule has 30 nitrogen and oxygen atoms in total. The summed E-state index contributed by atoms with van der Waals surface area (Å²) in [5.41, 5.74) is 5.09. The summed E-state index contributed by atoms with van der Waals surface area (Å²) in [7, 11) is 4.96. The van der Waals surface area contributed by atoms with Crippen molar-refractivity contribution in [1.29, 1.82) is 0 Å². The van der Waals surface area contributed by atoms with Crippen LogP contribution in [0.15, 0.2) is 122 Å². The van der Waals surface area contributed by atoms with E-state index in [4.69, 9.17) is 18.9 Å². The molecule has 0 bridgehead atoms. The fourth-order valence-electron chi connectivity index (χ4n) is 13.0. The molecule has 5 N–H and O–H groups in total. The molecule has 0 saturated carbocycles. The van der Waals surface area contributed by atoms with Crippen molar-refractivity contribution in [3.63, 3.8) is 0 Å². The quantitative estimate of drug-likeness (QED) is 0.0120. The zero-order valence-electron chi connectivity index (χ0n) is 61.5. The normalized spacial score (nSPS) is 15.3. The molecule has 1 fully saturated rings. The molecule has 1 saturated heterocycles. The SMILES string of the molecule is C=C1C[C@H]2C(O)N(C(=O)OCc3ccc(CC(=O)[C@H](C)NC(=O)[C@@H](CC(=O)CCOCCOCCNC(=O)CCN4C(=O)C=CC4=O)C(C)C)cc3)c3cc(OCCCC(=O)Nc4cn(C)c(C(=O)Cc5cc(C(=O)Nc6cc(C(=O)n7ccc8cc(C(C)=O)ccc87)n(C)c6)n(C)c5)n4)c(C)cc3C(=O)N2C1. The number of amides is 8. The fourth-order valence-corrected chi connectivity index (χ4v) is 13.0. The average Bonchev–Trinajstić information content (AvgIpc) is 1.59. The predicted molar refractivity (Wildman–Crippen MR) is 394 cm³/mol. The Morgan fingerprint density at radius 2 is 1.44 bits per heavy atom. The van der Waals surface area contributed by atoms with Gasteiger partial charge >= 0.3 is 6.09 Å². The van der Waals surface area contributed by atoms with Crippen molar-refractivity contribution in [2.24, 2.45) is 33.0 Å². The third-order valence-electron chi connectivity index (χ3n) is 18.9. The summed E-state index contributed by atoms with van der Waals surface area (Å²) in [6, 6.07) is 18.0. The van der Waals surface area contributed by atoms with E-state index in [0.29, 0.717) is 50.3 Å². The first-order valence-corrected chi connectivity index (χ1v) is 35.5. The minimum absolute atomic E-state index is 0.00985. The van der Waals surface area contributed by atoms with Crippen LogP contribution in [-0.2, 0) is 88.4 Å². The number of rotatable bonds is 35. The summed E-state index contributed by atoms with van der Waals surface area (Å²) in [6.45, 7) is 13.2. The molecule has 3 aromatic carbocycles. The van der Waals surface area contributed by atoms with E-state index in [1.54, 1.807) is 129 Å². The van der Waals surface area contributed by atoms with Crippen LogP contribution < -0.4 is 30.9 Å². The number of carbonyl (C=O) groups excluding carboxylic acids is 13. The molecule has 3 aliphatic heterocycles. The van der Waals surface area contributed by atoms with Crippen LogP contribution in [0.3, 0.4) is 0 Å². The highest BCUT2D eigenvalue weighted by atomic mass is 16.6. The highest BCUT2D eigenvalue weighted by Gasteiger charge is 2.46. The van der Waals surface area contributed by atoms with Gasteiger partial charge in [-0.3, -0.25) is 67.0 Å². The van der Waals surface area contributed by atoms with Crippen molar-refractivity contribution in [2.45, 2.75) is 111 Å². The van der Waals surface area contributed by atoms with Crippen molar-refractivity contribution in [3.05, 3.63) is 172 Å². The number of hydrogen-bond acceptors (Lipinski definition) is 19. The van der Waals surface area contributed by atoms with Gasteiger partial charge in [0.05, 0.1) is 67.6 Å². The van der Waals surface area contributed by atoms with Crippen molar-refractivity contribution in [1.82, 2.24) is 43.7 Å². The Morgan fingerprint density at radius 1 is 0.731 bits per heavy atom. The van der Waals surface area contributed by atoms with Crippen LogP contribution in [0.1, 0.15) is 141 Å². The maximum Gasteiger partial charge on any atom is 0.416 e. The first kappa shape index (κ1) is 78.8. The second-order valence-corrected chi connectivity index (χ2v) is 27.5. The van der Waals surface area contributed by atoms with E-state index < -0.39 is 65.8 Å². The minimum Gasteiger partial charge on any atom is -0.493 e. The molecule has 8 amide bonds. The highest BCUT2D eigenvalue weighted by molar-refractivity contribution is 6.13. The molecule has 108 heavy (non-hydrogen) atoms. The van der Waals surface area contributed by atoms with Gasteiger partial charge < -0.3 is 63.9 Å². The zero-order chi connectivity index (χ0) is 77.8. The molecule has 568 valence electrons. The van der Waals surface area contributed by atoms with Crippen LogP contribution in [0, 0.1) is 18.8 Å². The van der Waals surface area contributed by atoms with Crippen LogP contribution >= 0.6 is 0 Å². The highest BCUT2D eigenvalue weighted by Crippen LogP contribution is 2.40. The molecule has 4 atom stereocenters. The molecule has 0 spiro atoms. The Hall–Kier alpha value is -11.8. The number of aliphatic hydroxyl groups is 1. The van der Waals surface area contributed by atoms with Gasteiger partial charge in [-0.1, -0.05) is 50.3 Å². The predicted octanol–water partition coefficient (Wildman–Crippen LogP) is 6.67. The molecule has 7 aromatic rings. The molecule has 30 heteroatoms. The maximum absolute atomic E-state index is 14.3. The molecule has 1 unspecified atom stereocenters. The van der Waals surface area contributed by atoms with Crippen molar-refractivity contribution >= 4 is 105 Å². The number of fused-ring (bicyclic) bond motifs is 3. The number of aryl methyl sites for hydroxylation is 4. The Balaban J connectivity index is 0.657. The third kappa shape index (κ3) is 19.3. The number of ether oxygens (including phenoxy) is 4. The second-order valence-electron chi connectivity index (χ2n) is 27.5. The number of ketones is 4. The lowest BCUT2D eigenvalue weighted by Gasteiger charge is -2.31. The first-order valence-electron chi connectivity index (χ1n) is 35.5. The third-order valence-corrected chi connectivity index (χ3v) is 18.9. The number of Topliss-reactive ketones (excluding diaryl/α,β-unsaturated/α-hetero) is 4. The molecule has 7 heterocycles. The van der Waals surface area contributed by atoms with E-state index in [9.17, 15) is 67.4 Å². The van der Waals surface area contributed by atoms with Crippen LogP contribution in [0.2, 0.25) is 0 Å². The monoisotopic (exact) mass is 1480 g/mol. The van der Waals surface area contributed by atoms with Crippen LogP contribution in [0.5, 0.6) is 5.75 Å². The second kappa shape index (κ2) is 35.1. The number of imide groups is 1. The number of aliphatic hydroxyl groups excluding tert-OH is 1. The van der Waals surface area contributed by atoms with Gasteiger partial charge in [-0.15, -0.1) is 0 Å². The van der Waals surface area contributed by atoms with Gasteiger partial charge in [-0.2, -0.15) is 0 Å². The van der Waals surface area contributed by atoms with Crippen LogP contribution in [-0.4, -0.2) is 186 Å². The number of nitrogens with zero attached hydrogens (tertiary/aromatic N) is 8. The Morgan fingerprint density at radius 3 is 2.17 bits per heavy atom. The van der Waals surface area contributed by atoms with Gasteiger partial charge in [-0.25, -0.2) is 14.7 Å². The van der Waals surface area contributed by atoms with E-state index in [-0.39, 0.29) is 186 Å². The van der Waals surface area contributed by atoms with Gasteiger partial charge in [-0.05, 0) is 104 Å². The first-order chi connectivity index (χ1) is 51.5. The smallest absolute Gasteiger partial charge is 0.416 e. The van der Waals surface area contributed by atoms with Crippen molar-refractivity contribution < 1.29 is 86.4 Å². The van der Waals surface area contributed by atoms with E-state index in [1.165, 1.54) is 33.2 Å². The number of hydrogen-bond donors (Lipinski definition) is 5. The lowest BCUT2D eigenvalue weighted by Crippen LogP contribution is -2.50. The van der Waals surface area contributed by atoms with E-state index in [2.05, 4.69) is 32.8 Å². The van der Waals surface area contributed by atoms with Gasteiger partial charge in [0.25, 0.3) is 29.5 Å². The molecular formula is C78H88N12O18. The summed E-state index contributed by atoms with van der Waals surface area (Å²) in [5.74, 6) is -4.82. The standard InChI is InChI=1S/C78H88N12O18/c1-45(2)57(38-56(92)22-27-105-29-30-106-28-23-79-68(95)21-25-88-70(97)18-19-71(88)98)73(99)80-48(5)64(93)34-50-12-14-51(15-13-50)44-108-78(104)90-60-39-66(47(4)32-58(60)75(101)89-40-46(3)31-63(89)77(90)103)107-26-10-11-69(96)82-67-43-86(9)72(83-67)65(94)35-52-33-61(84(7)41-52)74(100)81-55-37-62(85(8)42-55)76(102)87-24-20-54-36-53(49(6)91)16-17-59(54)87/h12-20,24,32-33,36-37,39,41-43,45,48,57,63,77,103H,3,10-11,21-23,25-31,34-35,38,40,44H2,1-2,4-9H3,(H,79,95)(H,80,99)(H,81,100)(H,82,96)/t48-,57-,63-,77?/m0/s1. The minimum atomic E-state index is -1.57. The summed E-state index contributed by atoms with van der Waals surface area (Å²) < 4.78 is 29.1. The van der Waals surface area contributed by atoms with E-state index >= 15 is 0 Å². The summed E-state index contributed by atoms with van der Waals surface area (Å²) in [5, 5.41) is 23.7. The van der Waals surface area contributed by atoms with Crippen LogP contribution in [0.4, 0.5) is 22.0 Å². The Labute approximate surface area is 622 Å². The molecule has 0 radical (unpaired) electrons. The summed E-state index contributed by atoms with van der Waals surface area (Å²) >= 11 is 0. The number of benzene rings is 3. The fraction of sp³-hybridized carbons (Fsp3) is 0.385. The molecular weight excluding hydrogens is 1390 g/mol. The van der Waals surface area contributed by atoms with Crippen molar-refractivity contribution in [2.75, 3.05) is 68.2 Å². The van der Waals surface area contributed by atoms with Crippen molar-refractivity contribution in [3.8, 4) is 5.75 Å². The molecule has 3 aliphatic rings. The number of anilines is 3. The van der Waals surface area contributed by atoms with Gasteiger partial charge in [0.15, 0.2) is 29.4 Å². The Kier molecular flexibility index (Phi) is 25.6. The maximum atomic E-state index is 14.3.